The van der Waals surface area contributed by atoms with Gasteiger partial charge in [-0.1, -0.05) is 30.3 Å². The number of anilines is 2. The van der Waals surface area contributed by atoms with Crippen LogP contribution in [0.4, 0.5) is 11.4 Å². The molecule has 0 radical (unpaired) electrons. The molecule has 2 N–H and O–H groups in total. The Morgan fingerprint density at radius 1 is 1.04 bits per heavy atom. The van der Waals surface area contributed by atoms with Gasteiger partial charge in [0, 0.05) is 43.7 Å². The van der Waals surface area contributed by atoms with E-state index in [-0.39, 0.29) is 0 Å². The zero-order valence-electron chi connectivity index (χ0n) is 14.1. The number of hydrogen-bond acceptors (Lipinski definition) is 4. The highest BCUT2D eigenvalue weighted by Crippen LogP contribution is 2.17. The number of nitrogens with zero attached hydrogens (tertiary/aromatic N) is 2. The van der Waals surface area contributed by atoms with Crippen LogP contribution in [-0.4, -0.2) is 28.3 Å². The lowest BCUT2D eigenvalue weighted by molar-refractivity contribution is 0.589. The second kappa shape index (κ2) is 6.98. The molecule has 0 saturated carbocycles. The van der Waals surface area contributed by atoms with E-state index >= 15 is 0 Å². The highest BCUT2D eigenvalue weighted by Gasteiger charge is 2.18. The van der Waals surface area contributed by atoms with Crippen LogP contribution >= 0.6 is 0 Å². The maximum absolute atomic E-state index is 12.0. The minimum absolute atomic E-state index is 0.294. The first-order valence-corrected chi connectivity index (χ1v) is 9.27. The zero-order chi connectivity index (χ0) is 17.9. The molecule has 0 bridgehead atoms. The van der Waals surface area contributed by atoms with Gasteiger partial charge in [0.05, 0.1) is 0 Å². The number of nitrogens with one attached hydrogen (secondary N) is 2. The molecule has 1 aliphatic rings. The van der Waals surface area contributed by atoms with Gasteiger partial charge in [-0.15, -0.1) is 4.40 Å². The van der Waals surface area contributed by atoms with Gasteiger partial charge in [-0.25, -0.2) is 0 Å². The van der Waals surface area contributed by atoms with E-state index in [1.165, 1.54) is 0 Å². The Kier molecular flexibility index (Phi) is 4.76. The molecule has 25 heavy (non-hydrogen) atoms. The van der Waals surface area contributed by atoms with Gasteiger partial charge in [-0.05, 0) is 29.8 Å². The SMILES string of the molecule is CN(C)c1ccc(NC2=NS(=O)(=O)NC(Cc3ccccc3)=C2)cc1. The molecule has 1 aliphatic heterocycles. The molecule has 0 aromatic heterocycles. The third kappa shape index (κ3) is 4.60. The highest BCUT2D eigenvalue weighted by atomic mass is 32.2. The molecule has 0 saturated heterocycles. The van der Waals surface area contributed by atoms with Crippen molar-refractivity contribution in [2.45, 2.75) is 6.42 Å². The van der Waals surface area contributed by atoms with E-state index < -0.39 is 10.2 Å². The Bertz CT molecular complexity index is 902. The van der Waals surface area contributed by atoms with Crippen molar-refractivity contribution in [2.75, 3.05) is 24.3 Å². The fourth-order valence-corrected chi connectivity index (χ4v) is 3.36. The number of benzene rings is 2. The van der Waals surface area contributed by atoms with Gasteiger partial charge in [0.2, 0.25) is 0 Å². The van der Waals surface area contributed by atoms with E-state index in [0.717, 1.165) is 16.9 Å². The van der Waals surface area contributed by atoms with Crippen LogP contribution in [0.5, 0.6) is 0 Å². The molecule has 3 rings (SSSR count). The summed E-state index contributed by atoms with van der Waals surface area (Å²) in [6, 6.07) is 17.4. The van der Waals surface area contributed by atoms with Gasteiger partial charge < -0.3 is 10.2 Å². The quantitative estimate of drug-likeness (QED) is 0.883. The molecular formula is C18H20N4O2S. The average Bonchev–Trinajstić information content (AvgIpc) is 2.54. The lowest BCUT2D eigenvalue weighted by atomic mass is 10.1. The second-order valence-corrected chi connectivity index (χ2v) is 7.29. The lowest BCUT2D eigenvalue weighted by Crippen LogP contribution is -2.30. The zero-order valence-corrected chi connectivity index (χ0v) is 14.9. The van der Waals surface area contributed by atoms with Crippen LogP contribution < -0.4 is 14.9 Å². The first-order chi connectivity index (χ1) is 11.9. The molecule has 0 fully saturated rings. The molecule has 0 spiro atoms. The number of rotatable bonds is 4. The Balaban J connectivity index is 1.80. The van der Waals surface area contributed by atoms with Gasteiger partial charge in [0.1, 0.15) is 5.84 Å². The van der Waals surface area contributed by atoms with Gasteiger partial charge >= 0.3 is 10.2 Å². The maximum Gasteiger partial charge on any atom is 0.343 e. The minimum Gasteiger partial charge on any atom is -0.378 e. The molecule has 2 aromatic rings. The van der Waals surface area contributed by atoms with E-state index in [1.54, 1.807) is 6.08 Å². The molecule has 1 heterocycles. The monoisotopic (exact) mass is 356 g/mol. The summed E-state index contributed by atoms with van der Waals surface area (Å²) in [6.07, 6.45) is 2.20. The van der Waals surface area contributed by atoms with Gasteiger partial charge in [0.25, 0.3) is 0 Å². The fraction of sp³-hybridized carbons (Fsp3) is 0.167. The predicted octanol–water partition coefficient (Wildman–Crippen LogP) is 2.54. The summed E-state index contributed by atoms with van der Waals surface area (Å²) in [4.78, 5) is 1.99. The van der Waals surface area contributed by atoms with Crippen LogP contribution in [0.3, 0.4) is 0 Å². The molecule has 0 atom stereocenters. The van der Waals surface area contributed by atoms with E-state index in [4.69, 9.17) is 0 Å². The second-order valence-electron chi connectivity index (χ2n) is 5.95. The van der Waals surface area contributed by atoms with Crippen molar-refractivity contribution in [3.05, 3.63) is 71.9 Å². The summed E-state index contributed by atoms with van der Waals surface area (Å²) in [5.41, 5.74) is 3.43. The number of amidine groups is 1. The van der Waals surface area contributed by atoms with Gasteiger partial charge in [0.15, 0.2) is 0 Å². The predicted molar refractivity (Wildman–Crippen MR) is 102 cm³/mol. The molecule has 0 amide bonds. The molecule has 7 heteroatoms. The van der Waals surface area contributed by atoms with Crippen LogP contribution in [0.1, 0.15) is 5.56 Å². The summed E-state index contributed by atoms with van der Waals surface area (Å²) < 4.78 is 30.2. The standard InChI is InChI=1S/C18H20N4O2S/c1-22(2)17-10-8-15(9-11-17)19-18-13-16(20-25(23,24)21-18)12-14-6-4-3-5-7-14/h3-11,13,20H,12H2,1-2H3,(H,19,21). The number of hydrogen-bond donors (Lipinski definition) is 2. The lowest BCUT2D eigenvalue weighted by Gasteiger charge is -2.17. The summed E-state index contributed by atoms with van der Waals surface area (Å²) in [6.45, 7) is 0. The Morgan fingerprint density at radius 3 is 2.36 bits per heavy atom. The van der Waals surface area contributed by atoms with Crippen molar-refractivity contribution < 1.29 is 8.42 Å². The normalized spacial score (nSPS) is 15.6. The van der Waals surface area contributed by atoms with Crippen LogP contribution in [0.15, 0.2) is 70.8 Å². The van der Waals surface area contributed by atoms with Gasteiger partial charge in [-0.2, -0.15) is 8.42 Å². The molecule has 6 nitrogen and oxygen atoms in total. The van der Waals surface area contributed by atoms with Crippen molar-refractivity contribution in [2.24, 2.45) is 4.40 Å². The van der Waals surface area contributed by atoms with E-state index in [1.807, 2.05) is 73.6 Å². The smallest absolute Gasteiger partial charge is 0.343 e. The maximum atomic E-state index is 12.0. The Hall–Kier alpha value is -2.80. The Morgan fingerprint density at radius 2 is 1.72 bits per heavy atom. The third-order valence-electron chi connectivity index (χ3n) is 3.68. The first-order valence-electron chi connectivity index (χ1n) is 7.83. The molecule has 0 aliphatic carbocycles. The summed E-state index contributed by atoms with van der Waals surface area (Å²) in [5.74, 6) is 0.294. The molecule has 130 valence electrons. The fourth-order valence-electron chi connectivity index (χ4n) is 2.49. The minimum atomic E-state index is -3.74. The van der Waals surface area contributed by atoms with Crippen molar-refractivity contribution in [3.8, 4) is 0 Å². The van der Waals surface area contributed by atoms with Crippen LogP contribution in [0.2, 0.25) is 0 Å². The topological polar surface area (TPSA) is 73.8 Å². The molecular weight excluding hydrogens is 336 g/mol. The van der Waals surface area contributed by atoms with E-state index in [2.05, 4.69) is 14.4 Å². The number of allylic oxidation sites excluding steroid dienone is 1. The van der Waals surface area contributed by atoms with Crippen molar-refractivity contribution >= 4 is 27.4 Å². The van der Waals surface area contributed by atoms with Crippen LogP contribution in [-0.2, 0) is 16.6 Å². The highest BCUT2D eigenvalue weighted by molar-refractivity contribution is 7.88. The van der Waals surface area contributed by atoms with Crippen molar-refractivity contribution in [1.29, 1.82) is 0 Å². The van der Waals surface area contributed by atoms with E-state index in [0.29, 0.717) is 18.0 Å². The van der Waals surface area contributed by atoms with Gasteiger partial charge in [-0.3, -0.25) is 4.72 Å². The van der Waals surface area contributed by atoms with Crippen LogP contribution in [0, 0.1) is 0 Å². The molecule has 0 unspecified atom stereocenters. The first kappa shape index (κ1) is 17.0. The van der Waals surface area contributed by atoms with E-state index in [9.17, 15) is 8.42 Å². The Labute approximate surface area is 148 Å². The van der Waals surface area contributed by atoms with Crippen molar-refractivity contribution in [3.63, 3.8) is 0 Å². The average molecular weight is 356 g/mol. The molecule has 2 aromatic carbocycles. The van der Waals surface area contributed by atoms with Crippen molar-refractivity contribution in [1.82, 2.24) is 4.72 Å². The summed E-state index contributed by atoms with van der Waals surface area (Å²) in [7, 11) is 0.182. The largest absolute Gasteiger partial charge is 0.378 e. The summed E-state index contributed by atoms with van der Waals surface area (Å²) in [5, 5.41) is 3.05. The third-order valence-corrected chi connectivity index (χ3v) is 4.64. The summed E-state index contributed by atoms with van der Waals surface area (Å²) >= 11 is 0. The van der Waals surface area contributed by atoms with Crippen LogP contribution in [0.25, 0.3) is 0 Å².